The molecule has 0 heterocycles. The van der Waals surface area contributed by atoms with E-state index < -0.39 is 6.10 Å². The van der Waals surface area contributed by atoms with Gasteiger partial charge in [0.15, 0.2) is 0 Å². The molecule has 0 amide bonds. The van der Waals surface area contributed by atoms with Crippen molar-refractivity contribution in [3.8, 4) is 5.75 Å². The summed E-state index contributed by atoms with van der Waals surface area (Å²) in [6.07, 6.45) is 0.626. The molecule has 0 aliphatic heterocycles. The fourth-order valence-corrected chi connectivity index (χ4v) is 1.86. The Hall–Kier alpha value is -1.06. The maximum absolute atomic E-state index is 9.40. The molecule has 1 rings (SSSR count). The third-order valence-corrected chi connectivity index (χ3v) is 3.14. The van der Waals surface area contributed by atoms with E-state index >= 15 is 0 Å². The van der Waals surface area contributed by atoms with Crippen molar-refractivity contribution >= 4 is 0 Å². The maximum atomic E-state index is 9.40. The molecule has 0 saturated heterocycles. The molecular formula is C15H25NO2. The summed E-state index contributed by atoms with van der Waals surface area (Å²) in [6.45, 7) is 10.1. The lowest BCUT2D eigenvalue weighted by atomic mass is 10.1. The van der Waals surface area contributed by atoms with Crippen molar-refractivity contribution in [1.82, 2.24) is 4.90 Å². The predicted octanol–water partition coefficient (Wildman–Crippen LogP) is 2.85. The molecule has 0 aliphatic carbocycles. The largest absolute Gasteiger partial charge is 0.494 e. The molecule has 1 N–H and O–H groups in total. The molecule has 3 heteroatoms. The molecule has 0 aliphatic rings. The number of aliphatic hydroxyl groups is 1. The van der Waals surface area contributed by atoms with Gasteiger partial charge in [0, 0.05) is 6.54 Å². The van der Waals surface area contributed by atoms with Gasteiger partial charge in [-0.3, -0.25) is 0 Å². The molecule has 3 nitrogen and oxygen atoms in total. The van der Waals surface area contributed by atoms with Gasteiger partial charge in [0.2, 0.25) is 0 Å². The second kappa shape index (κ2) is 8.11. The van der Waals surface area contributed by atoms with Gasteiger partial charge in [-0.05, 0) is 44.1 Å². The molecular weight excluding hydrogens is 226 g/mol. The number of nitrogens with zero attached hydrogens (tertiary/aromatic N) is 1. The van der Waals surface area contributed by atoms with Crippen molar-refractivity contribution in [2.24, 2.45) is 0 Å². The Bertz CT molecular complexity index is 318. The normalized spacial score (nSPS) is 12.7. The summed E-state index contributed by atoms with van der Waals surface area (Å²) in [5.74, 6) is 0.874. The van der Waals surface area contributed by atoms with Gasteiger partial charge in [0.1, 0.15) is 5.75 Å². The fraction of sp³-hybridized carbons (Fsp3) is 0.600. The van der Waals surface area contributed by atoms with E-state index in [0.29, 0.717) is 0 Å². The molecule has 0 spiro atoms. The Kier molecular flexibility index (Phi) is 6.76. The second-order valence-corrected chi connectivity index (χ2v) is 4.47. The van der Waals surface area contributed by atoms with Crippen LogP contribution in [0.2, 0.25) is 0 Å². The number of hydrogen-bond acceptors (Lipinski definition) is 3. The highest BCUT2D eigenvalue weighted by Crippen LogP contribution is 2.17. The summed E-state index contributed by atoms with van der Waals surface area (Å²) in [4.78, 5) is 2.39. The van der Waals surface area contributed by atoms with E-state index in [-0.39, 0.29) is 0 Å². The SMILES string of the molecule is CCN(CC)CCCOc1ccc(C(C)O)cc1. The first-order chi connectivity index (χ1) is 8.67. The quantitative estimate of drug-likeness (QED) is 0.721. The van der Waals surface area contributed by atoms with Crippen LogP contribution in [0.25, 0.3) is 0 Å². The number of ether oxygens (including phenoxy) is 1. The molecule has 1 unspecified atom stereocenters. The molecule has 0 saturated carbocycles. The third kappa shape index (κ3) is 5.07. The number of benzene rings is 1. The summed E-state index contributed by atoms with van der Waals surface area (Å²) in [5.41, 5.74) is 0.922. The van der Waals surface area contributed by atoms with Crippen molar-refractivity contribution in [2.45, 2.75) is 33.3 Å². The van der Waals surface area contributed by atoms with E-state index in [9.17, 15) is 5.11 Å². The number of hydrogen-bond donors (Lipinski definition) is 1. The Balaban J connectivity index is 2.27. The highest BCUT2D eigenvalue weighted by Gasteiger charge is 2.01. The molecule has 102 valence electrons. The molecule has 0 radical (unpaired) electrons. The van der Waals surface area contributed by atoms with Crippen LogP contribution in [0.3, 0.4) is 0 Å². The first kappa shape index (κ1) is 15.0. The van der Waals surface area contributed by atoms with E-state index in [2.05, 4.69) is 18.7 Å². The summed E-state index contributed by atoms with van der Waals surface area (Å²) < 4.78 is 5.67. The average Bonchev–Trinajstić information content (AvgIpc) is 2.39. The van der Waals surface area contributed by atoms with Crippen LogP contribution in [0.4, 0.5) is 0 Å². The Morgan fingerprint density at radius 3 is 2.28 bits per heavy atom. The van der Waals surface area contributed by atoms with Crippen molar-refractivity contribution in [3.63, 3.8) is 0 Å². The molecule has 18 heavy (non-hydrogen) atoms. The highest BCUT2D eigenvalue weighted by atomic mass is 16.5. The highest BCUT2D eigenvalue weighted by molar-refractivity contribution is 5.28. The fourth-order valence-electron chi connectivity index (χ4n) is 1.86. The first-order valence-corrected chi connectivity index (χ1v) is 6.80. The van der Waals surface area contributed by atoms with Crippen molar-refractivity contribution in [1.29, 1.82) is 0 Å². The van der Waals surface area contributed by atoms with Gasteiger partial charge < -0.3 is 14.7 Å². The molecule has 0 bridgehead atoms. The minimum absolute atomic E-state index is 0.415. The topological polar surface area (TPSA) is 32.7 Å². The summed E-state index contributed by atoms with van der Waals surface area (Å²) in [6, 6.07) is 7.65. The van der Waals surface area contributed by atoms with Crippen LogP contribution in [0.1, 0.15) is 38.9 Å². The van der Waals surface area contributed by atoms with Gasteiger partial charge in [-0.2, -0.15) is 0 Å². The minimum Gasteiger partial charge on any atom is -0.494 e. The monoisotopic (exact) mass is 251 g/mol. The van der Waals surface area contributed by atoms with Crippen LogP contribution >= 0.6 is 0 Å². The molecule has 1 aromatic rings. The summed E-state index contributed by atoms with van der Waals surface area (Å²) >= 11 is 0. The van der Waals surface area contributed by atoms with E-state index in [1.54, 1.807) is 6.92 Å². The average molecular weight is 251 g/mol. The maximum Gasteiger partial charge on any atom is 0.119 e. The van der Waals surface area contributed by atoms with Gasteiger partial charge in [-0.15, -0.1) is 0 Å². The molecule has 1 atom stereocenters. The lowest BCUT2D eigenvalue weighted by Gasteiger charge is -2.17. The number of rotatable bonds is 8. The first-order valence-electron chi connectivity index (χ1n) is 6.80. The van der Waals surface area contributed by atoms with Crippen LogP contribution in [-0.4, -0.2) is 36.2 Å². The zero-order valence-corrected chi connectivity index (χ0v) is 11.7. The smallest absolute Gasteiger partial charge is 0.119 e. The lowest BCUT2D eigenvalue weighted by molar-refractivity contribution is 0.199. The molecule has 1 aromatic carbocycles. The minimum atomic E-state index is -0.415. The second-order valence-electron chi connectivity index (χ2n) is 4.47. The van der Waals surface area contributed by atoms with Crippen LogP contribution in [0, 0.1) is 0 Å². The van der Waals surface area contributed by atoms with Crippen molar-refractivity contribution in [2.75, 3.05) is 26.2 Å². The molecule has 0 fully saturated rings. The van der Waals surface area contributed by atoms with E-state index in [1.165, 1.54) is 0 Å². The van der Waals surface area contributed by atoms with Crippen LogP contribution in [-0.2, 0) is 0 Å². The van der Waals surface area contributed by atoms with Gasteiger partial charge in [-0.25, -0.2) is 0 Å². The van der Waals surface area contributed by atoms with Gasteiger partial charge in [0.05, 0.1) is 12.7 Å². The van der Waals surface area contributed by atoms with E-state index in [4.69, 9.17) is 4.74 Å². The third-order valence-electron chi connectivity index (χ3n) is 3.14. The lowest BCUT2D eigenvalue weighted by Crippen LogP contribution is -2.25. The Morgan fingerprint density at radius 2 is 1.78 bits per heavy atom. The Morgan fingerprint density at radius 1 is 1.17 bits per heavy atom. The van der Waals surface area contributed by atoms with Crippen LogP contribution in [0.5, 0.6) is 5.75 Å². The number of aliphatic hydroxyl groups excluding tert-OH is 1. The predicted molar refractivity (Wildman–Crippen MR) is 75.0 cm³/mol. The van der Waals surface area contributed by atoms with Gasteiger partial charge in [0.25, 0.3) is 0 Å². The molecule has 0 aromatic heterocycles. The van der Waals surface area contributed by atoms with Crippen LogP contribution in [0.15, 0.2) is 24.3 Å². The van der Waals surface area contributed by atoms with Crippen molar-refractivity contribution < 1.29 is 9.84 Å². The zero-order valence-electron chi connectivity index (χ0n) is 11.7. The zero-order chi connectivity index (χ0) is 13.4. The summed E-state index contributed by atoms with van der Waals surface area (Å²) in [5, 5.41) is 9.40. The van der Waals surface area contributed by atoms with E-state index in [0.717, 1.165) is 44.0 Å². The van der Waals surface area contributed by atoms with Crippen molar-refractivity contribution in [3.05, 3.63) is 29.8 Å². The summed E-state index contributed by atoms with van der Waals surface area (Å²) in [7, 11) is 0. The van der Waals surface area contributed by atoms with Crippen LogP contribution < -0.4 is 4.74 Å². The van der Waals surface area contributed by atoms with E-state index in [1.807, 2.05) is 24.3 Å². The Labute approximate surface area is 110 Å². The van der Waals surface area contributed by atoms with Gasteiger partial charge >= 0.3 is 0 Å². The van der Waals surface area contributed by atoms with Gasteiger partial charge in [-0.1, -0.05) is 26.0 Å². The standard InChI is InChI=1S/C15H25NO2/c1-4-16(5-2)11-6-12-18-15-9-7-14(8-10-15)13(3)17/h7-10,13,17H,4-6,11-12H2,1-3H3.